The standard InChI is InChI=1S/C13H11BrFN3O/c14-10-4-1-7(15)5-12(10)18-13(19)9-3-2-8(16)6-11(9)17/h1-6H,16-17H2,(H,18,19). The molecule has 2 aromatic rings. The third-order valence-corrected chi connectivity index (χ3v) is 3.19. The van der Waals surface area contributed by atoms with E-state index in [1.807, 2.05) is 0 Å². The monoisotopic (exact) mass is 323 g/mol. The minimum atomic E-state index is -0.441. The van der Waals surface area contributed by atoms with Crippen LogP contribution in [0.5, 0.6) is 0 Å². The minimum Gasteiger partial charge on any atom is -0.399 e. The molecule has 0 saturated carbocycles. The molecule has 0 radical (unpaired) electrons. The van der Waals surface area contributed by atoms with Gasteiger partial charge in [-0.2, -0.15) is 0 Å². The highest BCUT2D eigenvalue weighted by molar-refractivity contribution is 9.10. The molecule has 2 aromatic carbocycles. The van der Waals surface area contributed by atoms with Gasteiger partial charge in [0.15, 0.2) is 0 Å². The number of carbonyl (C=O) groups is 1. The van der Waals surface area contributed by atoms with Crippen molar-refractivity contribution in [2.75, 3.05) is 16.8 Å². The Balaban J connectivity index is 2.28. The molecule has 0 atom stereocenters. The Kier molecular flexibility index (Phi) is 3.71. The lowest BCUT2D eigenvalue weighted by molar-refractivity contribution is 0.102. The number of rotatable bonds is 2. The molecule has 0 saturated heterocycles. The number of nitrogens with two attached hydrogens (primary N) is 2. The fourth-order valence-corrected chi connectivity index (χ4v) is 1.92. The number of anilines is 3. The van der Waals surface area contributed by atoms with Crippen molar-refractivity contribution in [1.29, 1.82) is 0 Å². The average molecular weight is 324 g/mol. The van der Waals surface area contributed by atoms with Crippen molar-refractivity contribution >= 4 is 38.9 Å². The lowest BCUT2D eigenvalue weighted by Crippen LogP contribution is -2.14. The smallest absolute Gasteiger partial charge is 0.257 e. The number of carbonyl (C=O) groups excluding carboxylic acids is 1. The molecule has 4 nitrogen and oxygen atoms in total. The molecule has 0 aliphatic rings. The van der Waals surface area contributed by atoms with E-state index in [0.717, 1.165) is 0 Å². The van der Waals surface area contributed by atoms with E-state index in [9.17, 15) is 9.18 Å². The summed E-state index contributed by atoms with van der Waals surface area (Å²) >= 11 is 3.23. The molecule has 0 fully saturated rings. The van der Waals surface area contributed by atoms with Crippen molar-refractivity contribution < 1.29 is 9.18 Å². The highest BCUT2D eigenvalue weighted by Crippen LogP contribution is 2.24. The first-order valence-electron chi connectivity index (χ1n) is 5.39. The molecule has 0 aromatic heterocycles. The average Bonchev–Trinajstić information content (AvgIpc) is 2.33. The SMILES string of the molecule is Nc1ccc(C(=O)Nc2cc(F)ccc2Br)c(N)c1. The third kappa shape index (κ3) is 3.03. The van der Waals surface area contributed by atoms with Crippen LogP contribution in [0.3, 0.4) is 0 Å². The minimum absolute atomic E-state index is 0.269. The van der Waals surface area contributed by atoms with Crippen LogP contribution in [0.15, 0.2) is 40.9 Å². The van der Waals surface area contributed by atoms with Gasteiger partial charge in [-0.3, -0.25) is 4.79 Å². The van der Waals surface area contributed by atoms with Crippen molar-refractivity contribution in [2.24, 2.45) is 0 Å². The largest absolute Gasteiger partial charge is 0.399 e. The topological polar surface area (TPSA) is 81.1 Å². The quantitative estimate of drug-likeness (QED) is 0.743. The van der Waals surface area contributed by atoms with Crippen LogP contribution in [-0.4, -0.2) is 5.91 Å². The number of hydrogen-bond acceptors (Lipinski definition) is 3. The molecule has 0 spiro atoms. The van der Waals surface area contributed by atoms with Gasteiger partial charge < -0.3 is 16.8 Å². The molecule has 5 N–H and O–H groups in total. The Labute approximate surface area is 117 Å². The van der Waals surface area contributed by atoms with Gasteiger partial charge in [0.05, 0.1) is 11.3 Å². The van der Waals surface area contributed by atoms with Gasteiger partial charge in [-0.05, 0) is 52.3 Å². The summed E-state index contributed by atoms with van der Waals surface area (Å²) in [5.41, 5.74) is 12.6. The molecule has 98 valence electrons. The number of benzene rings is 2. The first-order chi connectivity index (χ1) is 8.97. The maximum atomic E-state index is 13.1. The Bertz CT molecular complexity index is 646. The van der Waals surface area contributed by atoms with Crippen LogP contribution in [0.1, 0.15) is 10.4 Å². The molecule has 19 heavy (non-hydrogen) atoms. The molecule has 6 heteroatoms. The second-order valence-electron chi connectivity index (χ2n) is 3.92. The summed E-state index contributed by atoms with van der Waals surface area (Å²) in [5, 5.41) is 2.58. The molecule has 0 bridgehead atoms. The maximum Gasteiger partial charge on any atom is 0.257 e. The molecule has 0 unspecified atom stereocenters. The summed E-state index contributed by atoms with van der Waals surface area (Å²) in [6.45, 7) is 0. The van der Waals surface area contributed by atoms with Crippen LogP contribution in [0, 0.1) is 5.82 Å². The van der Waals surface area contributed by atoms with E-state index in [4.69, 9.17) is 11.5 Å². The molecular formula is C13H11BrFN3O. The Morgan fingerprint density at radius 2 is 1.89 bits per heavy atom. The zero-order chi connectivity index (χ0) is 14.0. The molecule has 0 aliphatic carbocycles. The third-order valence-electron chi connectivity index (χ3n) is 2.50. The predicted octanol–water partition coefficient (Wildman–Crippen LogP) is 3.00. The second-order valence-corrected chi connectivity index (χ2v) is 4.78. The number of nitrogen functional groups attached to an aromatic ring is 2. The fourth-order valence-electron chi connectivity index (χ4n) is 1.57. The van der Waals surface area contributed by atoms with Crippen LogP contribution >= 0.6 is 15.9 Å². The summed E-state index contributed by atoms with van der Waals surface area (Å²) in [6.07, 6.45) is 0. The molecule has 2 rings (SSSR count). The predicted molar refractivity (Wildman–Crippen MR) is 77.3 cm³/mol. The number of amides is 1. The van der Waals surface area contributed by atoms with Crippen molar-refractivity contribution in [2.45, 2.75) is 0 Å². The van der Waals surface area contributed by atoms with Crippen molar-refractivity contribution in [3.63, 3.8) is 0 Å². The maximum absolute atomic E-state index is 13.1. The van der Waals surface area contributed by atoms with Gasteiger partial charge in [0.1, 0.15) is 5.82 Å². The van der Waals surface area contributed by atoms with Gasteiger partial charge in [0, 0.05) is 15.8 Å². The van der Waals surface area contributed by atoms with Crippen molar-refractivity contribution in [3.8, 4) is 0 Å². The summed E-state index contributed by atoms with van der Waals surface area (Å²) in [6, 6.07) is 8.61. The summed E-state index contributed by atoms with van der Waals surface area (Å²) in [4.78, 5) is 12.0. The van der Waals surface area contributed by atoms with E-state index in [1.54, 1.807) is 6.07 Å². The van der Waals surface area contributed by atoms with E-state index in [-0.39, 0.29) is 11.3 Å². The fraction of sp³-hybridized carbons (Fsp3) is 0. The van der Waals surface area contributed by atoms with E-state index in [1.165, 1.54) is 30.3 Å². The van der Waals surface area contributed by atoms with Gasteiger partial charge >= 0.3 is 0 Å². The number of halogens is 2. The van der Waals surface area contributed by atoms with Crippen LogP contribution in [0.2, 0.25) is 0 Å². The normalized spacial score (nSPS) is 10.2. The van der Waals surface area contributed by atoms with E-state index >= 15 is 0 Å². The summed E-state index contributed by atoms with van der Waals surface area (Å²) < 4.78 is 13.7. The van der Waals surface area contributed by atoms with Gasteiger partial charge in [0.25, 0.3) is 5.91 Å². The summed E-state index contributed by atoms with van der Waals surface area (Å²) in [5.74, 6) is -0.868. The summed E-state index contributed by atoms with van der Waals surface area (Å²) in [7, 11) is 0. The van der Waals surface area contributed by atoms with Gasteiger partial charge in [-0.1, -0.05) is 0 Å². The van der Waals surface area contributed by atoms with Gasteiger partial charge in [-0.25, -0.2) is 4.39 Å². The van der Waals surface area contributed by atoms with E-state index in [0.29, 0.717) is 15.8 Å². The molecule has 1 amide bonds. The molecule has 0 heterocycles. The van der Waals surface area contributed by atoms with E-state index < -0.39 is 11.7 Å². The lowest BCUT2D eigenvalue weighted by Gasteiger charge is -2.09. The van der Waals surface area contributed by atoms with Crippen molar-refractivity contribution in [1.82, 2.24) is 0 Å². The molecular weight excluding hydrogens is 313 g/mol. The van der Waals surface area contributed by atoms with Gasteiger partial charge in [-0.15, -0.1) is 0 Å². The van der Waals surface area contributed by atoms with Crippen LogP contribution in [-0.2, 0) is 0 Å². The zero-order valence-electron chi connectivity index (χ0n) is 9.78. The highest BCUT2D eigenvalue weighted by atomic mass is 79.9. The Morgan fingerprint density at radius 1 is 1.16 bits per heavy atom. The Hall–Kier alpha value is -2.08. The first kappa shape index (κ1) is 13.4. The zero-order valence-corrected chi connectivity index (χ0v) is 11.4. The Morgan fingerprint density at radius 3 is 2.58 bits per heavy atom. The first-order valence-corrected chi connectivity index (χ1v) is 6.18. The van der Waals surface area contributed by atoms with Gasteiger partial charge in [0.2, 0.25) is 0 Å². The highest BCUT2D eigenvalue weighted by Gasteiger charge is 2.12. The number of nitrogens with one attached hydrogen (secondary N) is 1. The van der Waals surface area contributed by atoms with Crippen LogP contribution in [0.25, 0.3) is 0 Å². The molecule has 0 aliphatic heterocycles. The van der Waals surface area contributed by atoms with Crippen molar-refractivity contribution in [3.05, 3.63) is 52.3 Å². The lowest BCUT2D eigenvalue weighted by atomic mass is 10.1. The second kappa shape index (κ2) is 5.27. The van der Waals surface area contributed by atoms with Crippen LogP contribution < -0.4 is 16.8 Å². The van der Waals surface area contributed by atoms with E-state index in [2.05, 4.69) is 21.2 Å². The number of hydrogen-bond donors (Lipinski definition) is 3. The van der Waals surface area contributed by atoms with Crippen LogP contribution in [0.4, 0.5) is 21.5 Å².